The number of halogens is 1. The second kappa shape index (κ2) is 7.09. The minimum Gasteiger partial charge on any atom is -0.391 e. The molecule has 1 saturated carbocycles. The van der Waals surface area contributed by atoms with Crippen LogP contribution in [0.1, 0.15) is 39.5 Å². The first-order chi connectivity index (χ1) is 7.02. The Morgan fingerprint density at radius 1 is 1.38 bits per heavy atom. The average Bonchev–Trinajstić information content (AvgIpc) is 2.20. The lowest BCUT2D eigenvalue weighted by molar-refractivity contribution is -0.125. The number of nitrogens with two attached hydrogens (primary N) is 1. The summed E-state index contributed by atoms with van der Waals surface area (Å²) in [7, 11) is 0. The summed E-state index contributed by atoms with van der Waals surface area (Å²) in [4.78, 5) is 11.7. The van der Waals surface area contributed by atoms with Crippen LogP contribution in [0.15, 0.2) is 0 Å². The smallest absolute Gasteiger partial charge is 0.237 e. The molecule has 0 aromatic heterocycles. The molecule has 1 amide bonds. The van der Waals surface area contributed by atoms with Crippen molar-refractivity contribution in [3.05, 3.63) is 0 Å². The molecule has 0 aliphatic heterocycles. The van der Waals surface area contributed by atoms with Crippen molar-refractivity contribution in [2.75, 3.05) is 0 Å². The Bertz CT molecular complexity index is 224. The Hall–Kier alpha value is -0.320. The van der Waals surface area contributed by atoms with E-state index >= 15 is 0 Å². The molecule has 5 heteroatoms. The summed E-state index contributed by atoms with van der Waals surface area (Å²) in [5.74, 6) is -0.0123. The second-order valence-electron chi connectivity index (χ2n) is 4.74. The average molecular weight is 251 g/mol. The fourth-order valence-electron chi connectivity index (χ4n) is 1.86. The van der Waals surface area contributed by atoms with Crippen LogP contribution in [0.25, 0.3) is 0 Å². The molecule has 0 bridgehead atoms. The minimum atomic E-state index is -0.473. The molecule has 0 heterocycles. The summed E-state index contributed by atoms with van der Waals surface area (Å²) in [5.41, 5.74) is 5.73. The van der Waals surface area contributed by atoms with E-state index in [2.05, 4.69) is 5.32 Å². The number of aliphatic hydroxyl groups is 1. The monoisotopic (exact) mass is 250 g/mol. The van der Waals surface area contributed by atoms with Crippen LogP contribution in [0.4, 0.5) is 0 Å². The lowest BCUT2D eigenvalue weighted by Gasteiger charge is -2.29. The molecule has 3 atom stereocenters. The number of aliphatic hydroxyl groups excluding tert-OH is 1. The van der Waals surface area contributed by atoms with Crippen molar-refractivity contribution in [2.45, 2.75) is 57.7 Å². The summed E-state index contributed by atoms with van der Waals surface area (Å²) in [6.45, 7) is 3.84. The molecule has 0 saturated heterocycles. The molecule has 16 heavy (non-hydrogen) atoms. The second-order valence-corrected chi connectivity index (χ2v) is 4.74. The third-order valence-electron chi connectivity index (χ3n) is 3.08. The van der Waals surface area contributed by atoms with Crippen LogP contribution in [-0.2, 0) is 4.79 Å². The molecule has 0 spiro atoms. The standard InChI is InChI=1S/C11H22N2O2.ClH/c1-7(2)10(12)11(15)13-8-5-3-4-6-9(8)14;/h7-10,14H,3-6,12H2,1-2H3,(H,13,15);1H/t8-,9-,10?;/m0./s1. The maximum Gasteiger partial charge on any atom is 0.237 e. The highest BCUT2D eigenvalue weighted by atomic mass is 35.5. The predicted octanol–water partition coefficient (Wildman–Crippen LogP) is 0.811. The van der Waals surface area contributed by atoms with E-state index < -0.39 is 12.1 Å². The van der Waals surface area contributed by atoms with Crippen molar-refractivity contribution >= 4 is 18.3 Å². The number of nitrogens with one attached hydrogen (secondary N) is 1. The van der Waals surface area contributed by atoms with Crippen LogP contribution in [0.2, 0.25) is 0 Å². The van der Waals surface area contributed by atoms with Crippen LogP contribution in [0.5, 0.6) is 0 Å². The van der Waals surface area contributed by atoms with Crippen molar-refractivity contribution < 1.29 is 9.90 Å². The highest BCUT2D eigenvalue weighted by molar-refractivity contribution is 5.85. The van der Waals surface area contributed by atoms with Gasteiger partial charge in [-0.1, -0.05) is 26.7 Å². The molecule has 1 aliphatic carbocycles. The van der Waals surface area contributed by atoms with E-state index in [9.17, 15) is 9.90 Å². The van der Waals surface area contributed by atoms with Gasteiger partial charge in [0.25, 0.3) is 0 Å². The Labute approximate surface area is 103 Å². The Morgan fingerprint density at radius 2 is 1.94 bits per heavy atom. The van der Waals surface area contributed by atoms with Crippen molar-refractivity contribution in [3.63, 3.8) is 0 Å². The minimum absolute atomic E-state index is 0. The number of carbonyl (C=O) groups excluding carboxylic acids is 1. The normalized spacial score (nSPS) is 27.1. The zero-order valence-electron chi connectivity index (χ0n) is 9.98. The van der Waals surface area contributed by atoms with E-state index in [1.807, 2.05) is 13.8 Å². The first-order valence-corrected chi connectivity index (χ1v) is 5.76. The van der Waals surface area contributed by atoms with E-state index in [-0.39, 0.29) is 30.3 Å². The largest absolute Gasteiger partial charge is 0.391 e. The van der Waals surface area contributed by atoms with Crippen LogP contribution < -0.4 is 11.1 Å². The predicted molar refractivity (Wildman–Crippen MR) is 66.5 cm³/mol. The first kappa shape index (κ1) is 15.7. The van der Waals surface area contributed by atoms with E-state index in [0.29, 0.717) is 0 Å². The molecule has 1 rings (SSSR count). The zero-order chi connectivity index (χ0) is 11.4. The van der Waals surface area contributed by atoms with Gasteiger partial charge in [0.1, 0.15) is 0 Å². The molecular formula is C11H23ClN2O2. The summed E-state index contributed by atoms with van der Waals surface area (Å²) in [6, 6.07) is -0.574. The highest BCUT2D eigenvalue weighted by Gasteiger charge is 2.27. The van der Waals surface area contributed by atoms with Gasteiger partial charge in [0.05, 0.1) is 18.2 Å². The summed E-state index contributed by atoms with van der Waals surface area (Å²) in [6.07, 6.45) is 3.35. The number of hydrogen-bond donors (Lipinski definition) is 3. The quantitative estimate of drug-likeness (QED) is 0.694. The molecule has 0 aromatic rings. The number of hydrogen-bond acceptors (Lipinski definition) is 3. The van der Waals surface area contributed by atoms with Crippen LogP contribution >= 0.6 is 12.4 Å². The van der Waals surface area contributed by atoms with Gasteiger partial charge in [-0.05, 0) is 18.8 Å². The van der Waals surface area contributed by atoms with E-state index in [4.69, 9.17) is 5.73 Å². The molecule has 1 unspecified atom stereocenters. The van der Waals surface area contributed by atoms with Gasteiger partial charge in [0, 0.05) is 0 Å². The maximum absolute atomic E-state index is 11.7. The molecule has 1 aliphatic rings. The Kier molecular flexibility index (Phi) is 6.95. The Balaban J connectivity index is 0.00000225. The molecule has 0 aromatic carbocycles. The van der Waals surface area contributed by atoms with Crippen molar-refractivity contribution in [3.8, 4) is 0 Å². The van der Waals surface area contributed by atoms with E-state index in [0.717, 1.165) is 25.7 Å². The zero-order valence-corrected chi connectivity index (χ0v) is 10.8. The molecule has 1 fully saturated rings. The van der Waals surface area contributed by atoms with Crippen molar-refractivity contribution in [1.29, 1.82) is 0 Å². The SMILES string of the molecule is CC(C)C(N)C(=O)N[C@H]1CCCC[C@@H]1O.Cl. The van der Waals surface area contributed by atoms with Gasteiger partial charge in [0.2, 0.25) is 5.91 Å². The Morgan fingerprint density at radius 3 is 2.44 bits per heavy atom. The molecule has 4 N–H and O–H groups in total. The third kappa shape index (κ3) is 4.28. The molecular weight excluding hydrogens is 228 g/mol. The van der Waals surface area contributed by atoms with Crippen molar-refractivity contribution in [1.82, 2.24) is 5.32 Å². The number of rotatable bonds is 3. The molecule has 4 nitrogen and oxygen atoms in total. The summed E-state index contributed by atoms with van der Waals surface area (Å²) < 4.78 is 0. The van der Waals surface area contributed by atoms with Gasteiger partial charge in [0.15, 0.2) is 0 Å². The lowest BCUT2D eigenvalue weighted by atomic mass is 9.92. The fraction of sp³-hybridized carbons (Fsp3) is 0.909. The maximum atomic E-state index is 11.7. The molecule has 0 radical (unpaired) electrons. The van der Waals surface area contributed by atoms with Gasteiger partial charge in [-0.3, -0.25) is 4.79 Å². The third-order valence-corrected chi connectivity index (χ3v) is 3.08. The number of carbonyl (C=O) groups is 1. The van der Waals surface area contributed by atoms with Crippen molar-refractivity contribution in [2.24, 2.45) is 11.7 Å². The van der Waals surface area contributed by atoms with Gasteiger partial charge < -0.3 is 16.2 Å². The van der Waals surface area contributed by atoms with Gasteiger partial charge in [-0.15, -0.1) is 12.4 Å². The van der Waals surface area contributed by atoms with Gasteiger partial charge in [-0.25, -0.2) is 0 Å². The van der Waals surface area contributed by atoms with Crippen LogP contribution in [0, 0.1) is 5.92 Å². The molecule has 96 valence electrons. The topological polar surface area (TPSA) is 75.4 Å². The summed E-state index contributed by atoms with van der Waals surface area (Å²) >= 11 is 0. The summed E-state index contributed by atoms with van der Waals surface area (Å²) in [5, 5.41) is 12.5. The first-order valence-electron chi connectivity index (χ1n) is 5.76. The van der Waals surface area contributed by atoms with Gasteiger partial charge in [-0.2, -0.15) is 0 Å². The van der Waals surface area contributed by atoms with Crippen LogP contribution in [0.3, 0.4) is 0 Å². The lowest BCUT2D eigenvalue weighted by Crippen LogP contribution is -2.52. The van der Waals surface area contributed by atoms with E-state index in [1.54, 1.807) is 0 Å². The highest BCUT2D eigenvalue weighted by Crippen LogP contribution is 2.18. The number of amides is 1. The van der Waals surface area contributed by atoms with E-state index in [1.165, 1.54) is 0 Å². The van der Waals surface area contributed by atoms with Crippen LogP contribution in [-0.4, -0.2) is 29.2 Å². The fourth-order valence-corrected chi connectivity index (χ4v) is 1.86. The van der Waals surface area contributed by atoms with Gasteiger partial charge >= 0.3 is 0 Å².